The summed E-state index contributed by atoms with van der Waals surface area (Å²) in [4.78, 5) is 39.0. The van der Waals surface area contributed by atoms with E-state index in [1.54, 1.807) is 25.3 Å². The molecule has 1 fully saturated rings. The van der Waals surface area contributed by atoms with E-state index < -0.39 is 24.4 Å². The van der Waals surface area contributed by atoms with Crippen LogP contribution in [0, 0.1) is 10.5 Å². The van der Waals surface area contributed by atoms with Crippen LogP contribution in [0.2, 0.25) is 0 Å². The van der Waals surface area contributed by atoms with Gasteiger partial charge in [0.25, 0.3) is 5.91 Å². The lowest BCUT2D eigenvalue weighted by atomic mass is 10.1. The van der Waals surface area contributed by atoms with Gasteiger partial charge in [-0.3, -0.25) is 9.59 Å². The molecule has 0 radical (unpaired) electrons. The molecule has 3 aromatic carbocycles. The minimum absolute atomic E-state index is 0.0722. The zero-order valence-corrected chi connectivity index (χ0v) is 23.5. The minimum atomic E-state index is -0.653. The van der Waals surface area contributed by atoms with E-state index >= 15 is 0 Å². The predicted molar refractivity (Wildman–Crippen MR) is 154 cm³/mol. The van der Waals surface area contributed by atoms with Crippen LogP contribution in [0.4, 0.5) is 10.5 Å². The molecular formula is C29H28IN3O5. The van der Waals surface area contributed by atoms with Crippen molar-refractivity contribution in [2.75, 3.05) is 19.0 Å². The molecule has 0 saturated carbocycles. The molecule has 196 valence electrons. The topological polar surface area (TPSA) is 97.0 Å². The Labute approximate surface area is 235 Å². The third-order valence-electron chi connectivity index (χ3n) is 6.00. The van der Waals surface area contributed by atoms with E-state index in [0.717, 1.165) is 26.0 Å². The van der Waals surface area contributed by atoms with E-state index in [-0.39, 0.29) is 5.70 Å². The molecule has 0 aromatic heterocycles. The van der Waals surface area contributed by atoms with Gasteiger partial charge in [0, 0.05) is 5.69 Å². The number of anilines is 1. The Hall–Kier alpha value is -3.86. The number of hydrogen-bond acceptors (Lipinski definition) is 5. The third-order valence-corrected chi connectivity index (χ3v) is 6.80. The van der Waals surface area contributed by atoms with Crippen LogP contribution in [0.5, 0.6) is 11.5 Å². The SMILES string of the molecule is CCc1ccccc1NC(=O)CN1C(=O)N/C(=C/c2cc(I)c(OCc3ccc(C)cc3)c(OC)c2)C1=O. The Morgan fingerprint density at radius 1 is 1.11 bits per heavy atom. The van der Waals surface area contributed by atoms with Crippen molar-refractivity contribution in [1.29, 1.82) is 0 Å². The summed E-state index contributed by atoms with van der Waals surface area (Å²) in [5.41, 5.74) is 4.54. The van der Waals surface area contributed by atoms with Gasteiger partial charge in [0.15, 0.2) is 11.5 Å². The van der Waals surface area contributed by atoms with Crippen LogP contribution in [-0.4, -0.2) is 36.4 Å². The number of rotatable bonds is 9. The van der Waals surface area contributed by atoms with E-state index in [4.69, 9.17) is 9.47 Å². The number of methoxy groups -OCH3 is 1. The molecule has 1 saturated heterocycles. The third kappa shape index (κ3) is 6.34. The standard InChI is InChI=1S/C29H28IN3O5/c1-4-21-7-5-6-8-23(21)31-26(34)16-33-28(35)24(32-29(33)36)14-20-13-22(30)27(25(15-20)37-3)38-17-19-11-9-18(2)10-12-19/h5-15H,4,16-17H2,1-3H3,(H,31,34)(H,32,36)/b24-14+. The second-order valence-corrected chi connectivity index (χ2v) is 9.91. The summed E-state index contributed by atoms with van der Waals surface area (Å²) in [5.74, 6) is 0.0475. The van der Waals surface area contributed by atoms with Crippen LogP contribution in [-0.2, 0) is 22.6 Å². The number of imide groups is 1. The van der Waals surface area contributed by atoms with Crippen molar-refractivity contribution in [3.05, 3.63) is 92.2 Å². The number of amides is 4. The van der Waals surface area contributed by atoms with Crippen molar-refractivity contribution >= 4 is 52.2 Å². The lowest BCUT2D eigenvalue weighted by Gasteiger charge is -2.14. The van der Waals surface area contributed by atoms with Gasteiger partial charge in [0.05, 0.1) is 10.7 Å². The average Bonchev–Trinajstić information content (AvgIpc) is 3.16. The van der Waals surface area contributed by atoms with Crippen LogP contribution >= 0.6 is 22.6 Å². The minimum Gasteiger partial charge on any atom is -0.493 e. The van der Waals surface area contributed by atoms with Gasteiger partial charge in [-0.2, -0.15) is 0 Å². The zero-order valence-electron chi connectivity index (χ0n) is 21.3. The summed E-state index contributed by atoms with van der Waals surface area (Å²) >= 11 is 2.15. The van der Waals surface area contributed by atoms with E-state index in [1.165, 1.54) is 5.56 Å². The van der Waals surface area contributed by atoms with E-state index in [9.17, 15) is 14.4 Å². The van der Waals surface area contributed by atoms with Gasteiger partial charge in [-0.05, 0) is 76.9 Å². The average molecular weight is 625 g/mol. The number of ether oxygens (including phenoxy) is 2. The molecule has 4 amide bonds. The quantitative estimate of drug-likeness (QED) is 0.192. The fourth-order valence-electron chi connectivity index (χ4n) is 3.97. The first-order valence-corrected chi connectivity index (χ1v) is 13.1. The maximum Gasteiger partial charge on any atom is 0.329 e. The Morgan fingerprint density at radius 2 is 1.84 bits per heavy atom. The summed E-state index contributed by atoms with van der Waals surface area (Å²) in [7, 11) is 1.54. The highest BCUT2D eigenvalue weighted by molar-refractivity contribution is 14.1. The molecule has 0 bridgehead atoms. The number of benzene rings is 3. The number of hydrogen-bond donors (Lipinski definition) is 2. The van der Waals surface area contributed by atoms with Crippen LogP contribution in [0.1, 0.15) is 29.2 Å². The molecule has 0 unspecified atom stereocenters. The van der Waals surface area contributed by atoms with Crippen molar-refractivity contribution < 1.29 is 23.9 Å². The van der Waals surface area contributed by atoms with Crippen molar-refractivity contribution in [1.82, 2.24) is 10.2 Å². The van der Waals surface area contributed by atoms with Crippen LogP contribution < -0.4 is 20.1 Å². The summed E-state index contributed by atoms with van der Waals surface area (Å²) in [6, 6.07) is 18.4. The smallest absolute Gasteiger partial charge is 0.329 e. The van der Waals surface area contributed by atoms with E-state index in [0.29, 0.717) is 29.4 Å². The number of para-hydroxylation sites is 1. The molecule has 38 heavy (non-hydrogen) atoms. The molecule has 1 heterocycles. The van der Waals surface area contributed by atoms with Gasteiger partial charge in [0.1, 0.15) is 18.8 Å². The van der Waals surface area contributed by atoms with Gasteiger partial charge in [-0.1, -0.05) is 55.0 Å². The molecule has 8 nitrogen and oxygen atoms in total. The van der Waals surface area contributed by atoms with Gasteiger partial charge in [0.2, 0.25) is 5.91 Å². The van der Waals surface area contributed by atoms with Crippen molar-refractivity contribution in [3.63, 3.8) is 0 Å². The first-order valence-electron chi connectivity index (χ1n) is 12.1. The predicted octanol–water partition coefficient (Wildman–Crippen LogP) is 5.28. The maximum atomic E-state index is 13.0. The molecule has 0 aliphatic carbocycles. The lowest BCUT2D eigenvalue weighted by Crippen LogP contribution is -2.38. The first kappa shape index (κ1) is 27.2. The molecule has 3 aromatic rings. The van der Waals surface area contributed by atoms with Crippen LogP contribution in [0.15, 0.2) is 66.4 Å². The van der Waals surface area contributed by atoms with Gasteiger partial charge in [-0.25, -0.2) is 9.69 Å². The fourth-order valence-corrected chi connectivity index (χ4v) is 4.75. The molecule has 0 spiro atoms. The molecule has 1 aliphatic rings. The molecular weight excluding hydrogens is 597 g/mol. The molecule has 0 atom stereocenters. The number of halogens is 1. The zero-order chi connectivity index (χ0) is 27.2. The number of urea groups is 1. The Kier molecular flexibility index (Phi) is 8.67. The van der Waals surface area contributed by atoms with Crippen molar-refractivity contribution in [3.8, 4) is 11.5 Å². The number of nitrogens with zero attached hydrogens (tertiary/aromatic N) is 1. The second kappa shape index (κ2) is 12.1. The van der Waals surface area contributed by atoms with Crippen molar-refractivity contribution in [2.24, 2.45) is 0 Å². The number of aryl methyl sites for hydroxylation is 2. The summed E-state index contributed by atoms with van der Waals surface area (Å²) in [6.07, 6.45) is 2.30. The highest BCUT2D eigenvalue weighted by atomic mass is 127. The summed E-state index contributed by atoms with van der Waals surface area (Å²) in [5, 5.41) is 5.35. The Bertz CT molecular complexity index is 1400. The fraction of sp³-hybridized carbons (Fsp3) is 0.207. The second-order valence-electron chi connectivity index (χ2n) is 8.75. The van der Waals surface area contributed by atoms with Gasteiger partial charge in [-0.15, -0.1) is 0 Å². The first-order chi connectivity index (χ1) is 18.3. The lowest BCUT2D eigenvalue weighted by molar-refractivity contribution is -0.127. The van der Waals surface area contributed by atoms with Crippen LogP contribution in [0.3, 0.4) is 0 Å². The Balaban J connectivity index is 1.47. The number of nitrogens with one attached hydrogen (secondary N) is 2. The summed E-state index contributed by atoms with van der Waals surface area (Å²) in [6.45, 7) is 3.99. The molecule has 1 aliphatic heterocycles. The highest BCUT2D eigenvalue weighted by Gasteiger charge is 2.35. The normalized spacial score (nSPS) is 14.0. The van der Waals surface area contributed by atoms with Crippen molar-refractivity contribution in [2.45, 2.75) is 26.9 Å². The van der Waals surface area contributed by atoms with Crippen LogP contribution in [0.25, 0.3) is 6.08 Å². The Morgan fingerprint density at radius 3 is 2.55 bits per heavy atom. The van der Waals surface area contributed by atoms with E-state index in [1.807, 2.05) is 62.4 Å². The maximum absolute atomic E-state index is 13.0. The molecule has 9 heteroatoms. The highest BCUT2D eigenvalue weighted by Crippen LogP contribution is 2.35. The molecule has 4 rings (SSSR count). The van der Waals surface area contributed by atoms with Gasteiger partial charge >= 0.3 is 6.03 Å². The number of carbonyl (C=O) groups is 3. The molecule has 2 N–H and O–H groups in total. The monoisotopic (exact) mass is 625 g/mol. The number of carbonyl (C=O) groups excluding carboxylic acids is 3. The van der Waals surface area contributed by atoms with E-state index in [2.05, 4.69) is 33.2 Å². The summed E-state index contributed by atoms with van der Waals surface area (Å²) < 4.78 is 12.4. The largest absolute Gasteiger partial charge is 0.493 e. The van der Waals surface area contributed by atoms with Gasteiger partial charge < -0.3 is 20.1 Å².